The summed E-state index contributed by atoms with van der Waals surface area (Å²) in [4.78, 5) is 14.6. The van der Waals surface area contributed by atoms with E-state index < -0.39 is 0 Å². The first-order chi connectivity index (χ1) is 12.2. The lowest BCUT2D eigenvalue weighted by molar-refractivity contribution is 0.103. The van der Waals surface area contributed by atoms with Crippen molar-refractivity contribution < 1.29 is 4.79 Å². The molecule has 0 fully saturated rings. The van der Waals surface area contributed by atoms with Gasteiger partial charge in [-0.25, -0.2) is 0 Å². The molecule has 0 aliphatic rings. The van der Waals surface area contributed by atoms with Crippen molar-refractivity contribution in [3.63, 3.8) is 0 Å². The maximum absolute atomic E-state index is 13.5. The zero-order valence-electron chi connectivity index (χ0n) is 14.3. The van der Waals surface area contributed by atoms with Gasteiger partial charge in [0.2, 0.25) is 5.78 Å². The molecule has 128 valence electrons. The molecule has 25 heavy (non-hydrogen) atoms. The van der Waals surface area contributed by atoms with E-state index in [9.17, 15) is 4.79 Å². The molecular weight excluding hydrogens is 352 g/mol. The Morgan fingerprint density at radius 2 is 2.00 bits per heavy atom. The van der Waals surface area contributed by atoms with Gasteiger partial charge in [0.05, 0.1) is 11.3 Å². The average molecular weight is 371 g/mol. The first kappa shape index (κ1) is 16.4. The van der Waals surface area contributed by atoms with Crippen molar-refractivity contribution in [2.24, 2.45) is 0 Å². The molecule has 0 radical (unpaired) electrons. The highest BCUT2D eigenvalue weighted by molar-refractivity contribution is 7.16. The summed E-state index contributed by atoms with van der Waals surface area (Å²) in [7, 11) is 0. The van der Waals surface area contributed by atoms with Crippen LogP contribution in [0.2, 0.25) is 0 Å². The summed E-state index contributed by atoms with van der Waals surface area (Å²) < 4.78 is 4.27. The van der Waals surface area contributed by atoms with Crippen molar-refractivity contribution in [2.75, 3.05) is 5.88 Å². The fourth-order valence-corrected chi connectivity index (χ4v) is 4.83. The number of carbonyl (C=O) groups excluding carboxylic acids is 1. The molecule has 3 heterocycles. The van der Waals surface area contributed by atoms with Crippen LogP contribution >= 0.6 is 22.9 Å². The Kier molecular flexibility index (Phi) is 4.18. The van der Waals surface area contributed by atoms with Crippen LogP contribution in [0.25, 0.3) is 21.1 Å². The number of hydrogen-bond acceptors (Lipinski definition) is 2. The quantitative estimate of drug-likeness (QED) is 0.338. The topological polar surface area (TPSA) is 26.9 Å². The van der Waals surface area contributed by atoms with Gasteiger partial charge in [0.15, 0.2) is 0 Å². The summed E-state index contributed by atoms with van der Waals surface area (Å²) in [6.07, 6.45) is 0. The number of aryl methyl sites for hydroxylation is 2. The molecule has 0 saturated heterocycles. The molecule has 0 saturated carbocycles. The van der Waals surface area contributed by atoms with Crippen LogP contribution in [-0.2, 0) is 13.1 Å². The van der Waals surface area contributed by atoms with Gasteiger partial charge in [-0.2, -0.15) is 0 Å². The standard InChI is InChI=1S/C20H19ClN2OS/c1-3-22-17(12-14-8-11-25-20(14)22)19(24)18-13(2)23(10-9-21)16-7-5-4-6-15(16)18/h4-8,11-12H,3,9-10H2,1-2H3. The summed E-state index contributed by atoms with van der Waals surface area (Å²) in [6.45, 7) is 5.58. The maximum atomic E-state index is 13.5. The average Bonchev–Trinajstić information content (AvgIpc) is 3.27. The molecule has 0 spiro atoms. The van der Waals surface area contributed by atoms with Gasteiger partial charge in [0, 0.05) is 41.0 Å². The van der Waals surface area contributed by atoms with Crippen molar-refractivity contribution >= 4 is 49.8 Å². The number of carbonyl (C=O) groups is 1. The smallest absolute Gasteiger partial charge is 0.211 e. The molecule has 0 N–H and O–H groups in total. The zero-order chi connectivity index (χ0) is 17.6. The molecule has 0 bridgehead atoms. The van der Waals surface area contributed by atoms with Crippen LogP contribution in [0.15, 0.2) is 41.8 Å². The largest absolute Gasteiger partial charge is 0.343 e. The van der Waals surface area contributed by atoms with Crippen LogP contribution in [0, 0.1) is 6.92 Å². The third-order valence-corrected chi connectivity index (χ3v) is 5.94. The number of thiophene rings is 1. The highest BCUT2D eigenvalue weighted by atomic mass is 35.5. The number of alkyl halides is 1. The van der Waals surface area contributed by atoms with Crippen LogP contribution in [0.4, 0.5) is 0 Å². The highest BCUT2D eigenvalue weighted by Gasteiger charge is 2.24. The van der Waals surface area contributed by atoms with Crippen molar-refractivity contribution in [2.45, 2.75) is 26.9 Å². The summed E-state index contributed by atoms with van der Waals surface area (Å²) in [6, 6.07) is 12.2. The summed E-state index contributed by atoms with van der Waals surface area (Å²) in [5.74, 6) is 0.612. The van der Waals surface area contributed by atoms with Crippen LogP contribution in [0.5, 0.6) is 0 Å². The maximum Gasteiger partial charge on any atom is 0.211 e. The van der Waals surface area contributed by atoms with Crippen molar-refractivity contribution in [1.82, 2.24) is 9.13 Å². The van der Waals surface area contributed by atoms with Gasteiger partial charge in [0.1, 0.15) is 4.83 Å². The monoisotopic (exact) mass is 370 g/mol. The third-order valence-electron chi connectivity index (χ3n) is 4.82. The fourth-order valence-electron chi connectivity index (χ4n) is 3.70. The molecule has 4 rings (SSSR count). The number of aromatic nitrogens is 2. The number of ketones is 1. The molecule has 0 amide bonds. The number of rotatable bonds is 5. The second-order valence-electron chi connectivity index (χ2n) is 6.10. The number of nitrogens with zero attached hydrogens (tertiary/aromatic N) is 2. The third kappa shape index (κ3) is 2.43. The predicted molar refractivity (Wildman–Crippen MR) is 106 cm³/mol. The number of benzene rings is 1. The van der Waals surface area contributed by atoms with Gasteiger partial charge in [-0.15, -0.1) is 22.9 Å². The van der Waals surface area contributed by atoms with E-state index in [1.807, 2.05) is 31.2 Å². The van der Waals surface area contributed by atoms with Gasteiger partial charge in [-0.1, -0.05) is 18.2 Å². The van der Waals surface area contributed by atoms with E-state index in [1.54, 1.807) is 11.3 Å². The normalized spacial score (nSPS) is 11.6. The molecule has 3 nitrogen and oxygen atoms in total. The van der Waals surface area contributed by atoms with Gasteiger partial charge < -0.3 is 9.13 Å². The van der Waals surface area contributed by atoms with E-state index in [1.165, 1.54) is 0 Å². The predicted octanol–water partition coefficient (Wildman–Crippen LogP) is 5.46. The number of hydrogen-bond donors (Lipinski definition) is 0. The van der Waals surface area contributed by atoms with Gasteiger partial charge in [-0.3, -0.25) is 4.79 Å². The number of fused-ring (bicyclic) bond motifs is 2. The molecule has 4 aromatic rings. The van der Waals surface area contributed by atoms with E-state index in [2.05, 4.69) is 33.6 Å². The van der Waals surface area contributed by atoms with Crippen molar-refractivity contribution in [3.8, 4) is 0 Å². The Bertz CT molecular complexity index is 1090. The van der Waals surface area contributed by atoms with Crippen LogP contribution < -0.4 is 0 Å². The fraction of sp³-hybridized carbons (Fsp3) is 0.250. The second kappa shape index (κ2) is 6.36. The van der Waals surface area contributed by atoms with Crippen LogP contribution in [0.3, 0.4) is 0 Å². The summed E-state index contributed by atoms with van der Waals surface area (Å²) >= 11 is 7.67. The Morgan fingerprint density at radius 3 is 2.76 bits per heavy atom. The van der Waals surface area contributed by atoms with Gasteiger partial charge in [-0.05, 0) is 37.4 Å². The minimum atomic E-state index is 0.0901. The first-order valence-corrected chi connectivity index (χ1v) is 9.84. The summed E-state index contributed by atoms with van der Waals surface area (Å²) in [5.41, 5.74) is 3.61. The molecule has 0 aliphatic heterocycles. The second-order valence-corrected chi connectivity index (χ2v) is 7.37. The Labute approximate surface area is 155 Å². The SMILES string of the molecule is CCn1c(C(=O)c2c(C)n(CCCl)c3ccccc23)cc2ccsc21. The zero-order valence-corrected chi connectivity index (χ0v) is 15.8. The van der Waals surface area contributed by atoms with Gasteiger partial charge >= 0.3 is 0 Å². The Hall–Kier alpha value is -2.04. The molecule has 0 atom stereocenters. The minimum Gasteiger partial charge on any atom is -0.343 e. The molecule has 5 heteroatoms. The molecule has 0 unspecified atom stereocenters. The lowest BCUT2D eigenvalue weighted by atomic mass is 10.0. The molecular formula is C20H19ClN2OS. The lowest BCUT2D eigenvalue weighted by Gasteiger charge is -2.08. The highest BCUT2D eigenvalue weighted by Crippen LogP contribution is 2.31. The number of halogens is 1. The van der Waals surface area contributed by atoms with Crippen molar-refractivity contribution in [3.05, 3.63) is 58.7 Å². The lowest BCUT2D eigenvalue weighted by Crippen LogP contribution is -2.11. The number of para-hydroxylation sites is 1. The minimum absolute atomic E-state index is 0.0901. The van der Waals surface area contributed by atoms with E-state index in [0.29, 0.717) is 12.4 Å². The van der Waals surface area contributed by atoms with E-state index in [4.69, 9.17) is 11.6 Å². The molecule has 1 aromatic carbocycles. The molecule has 0 aliphatic carbocycles. The van der Waals surface area contributed by atoms with Crippen LogP contribution in [0.1, 0.15) is 28.7 Å². The Balaban J connectivity index is 1.96. The van der Waals surface area contributed by atoms with Gasteiger partial charge in [0.25, 0.3) is 0 Å². The Morgan fingerprint density at radius 1 is 1.20 bits per heavy atom. The van der Waals surface area contributed by atoms with Crippen LogP contribution in [-0.4, -0.2) is 20.8 Å². The summed E-state index contributed by atoms with van der Waals surface area (Å²) in [5, 5.41) is 4.21. The first-order valence-electron chi connectivity index (χ1n) is 8.42. The van der Waals surface area contributed by atoms with Crippen molar-refractivity contribution in [1.29, 1.82) is 0 Å². The van der Waals surface area contributed by atoms with E-state index in [-0.39, 0.29) is 5.78 Å². The van der Waals surface area contributed by atoms with E-state index in [0.717, 1.165) is 44.6 Å². The van der Waals surface area contributed by atoms with E-state index >= 15 is 0 Å². The molecule has 3 aromatic heterocycles.